The Balaban J connectivity index is 1.66. The van der Waals surface area contributed by atoms with Crippen LogP contribution < -0.4 is 0 Å². The standard InChI is InChI=1S/C43H74N2O14/c1-24-21-29(19-20-46)39(59-42-37(49)36(45(9)10)38(27(4)56-42)58-35-23-43(6,51)41(50)28(5)55-35)40(52-11)31(47)22-33(48)53-25(2)15-13-12-14-16-32(24)57-34-18-17-30(44(7)8)26(3)54-34/h12-14,16,20,24-32,34-42,47,49-51H,15,17-19,21-23H2,1-11H3/b13-12+,16-14+/t24-,25-,26-,27-,28+,29+,30+,31-,32+,34?,35+,36-,37-,38-,39+,40+,41+,42+,43-/m1/s1. The number of methoxy groups -OCH3 is 1. The molecule has 0 aliphatic carbocycles. The molecule has 16 heteroatoms. The van der Waals surface area contributed by atoms with Gasteiger partial charge in [0.15, 0.2) is 18.9 Å². The fourth-order valence-electron chi connectivity index (χ4n) is 9.10. The lowest BCUT2D eigenvalue weighted by atomic mass is 9.82. The molecule has 0 saturated carbocycles. The fraction of sp³-hybridized carbons (Fsp3) is 0.860. The van der Waals surface area contributed by atoms with E-state index in [9.17, 15) is 30.0 Å². The summed E-state index contributed by atoms with van der Waals surface area (Å²) in [6.07, 6.45) is -1.56. The Morgan fingerprint density at radius 1 is 0.864 bits per heavy atom. The van der Waals surface area contributed by atoms with Crippen LogP contribution in [0.15, 0.2) is 24.3 Å². The van der Waals surface area contributed by atoms with Gasteiger partial charge >= 0.3 is 5.97 Å². The van der Waals surface area contributed by atoms with Gasteiger partial charge in [-0.2, -0.15) is 0 Å². The Labute approximate surface area is 351 Å². The molecule has 1 unspecified atom stereocenters. The van der Waals surface area contributed by atoms with Gasteiger partial charge in [0, 0.05) is 32.4 Å². The van der Waals surface area contributed by atoms with Gasteiger partial charge in [-0.05, 0) is 93.9 Å². The smallest absolute Gasteiger partial charge is 0.308 e. The van der Waals surface area contributed by atoms with E-state index in [0.717, 1.165) is 12.7 Å². The molecule has 16 nitrogen and oxygen atoms in total. The molecule has 4 aliphatic rings. The molecule has 0 amide bonds. The molecule has 0 aromatic carbocycles. The van der Waals surface area contributed by atoms with E-state index in [1.165, 1.54) is 14.0 Å². The third kappa shape index (κ3) is 13.3. The lowest BCUT2D eigenvalue weighted by Gasteiger charge is -2.50. The molecule has 0 spiro atoms. The van der Waals surface area contributed by atoms with Gasteiger partial charge in [-0.1, -0.05) is 31.2 Å². The topological polar surface area (TPSA) is 195 Å². The number of likely N-dealkylation sites (N-methyl/N-ethyl adjacent to an activating group) is 2. The summed E-state index contributed by atoms with van der Waals surface area (Å²) >= 11 is 0. The van der Waals surface area contributed by atoms with Crippen LogP contribution in [0, 0.1) is 11.8 Å². The number of cyclic esters (lactones) is 1. The van der Waals surface area contributed by atoms with E-state index >= 15 is 0 Å². The molecule has 4 heterocycles. The number of aliphatic hydroxyl groups is 4. The van der Waals surface area contributed by atoms with E-state index in [0.29, 0.717) is 19.3 Å². The van der Waals surface area contributed by atoms with E-state index in [1.807, 2.05) is 52.2 Å². The molecule has 0 radical (unpaired) electrons. The Morgan fingerprint density at radius 3 is 2.17 bits per heavy atom. The second kappa shape index (κ2) is 22.5. The maximum absolute atomic E-state index is 13.1. The Kier molecular flexibility index (Phi) is 18.9. The van der Waals surface area contributed by atoms with Crippen LogP contribution in [-0.2, 0) is 47.5 Å². The minimum absolute atomic E-state index is 0.00885. The molecule has 3 fully saturated rings. The number of aliphatic hydroxyl groups excluding tert-OH is 3. The number of carbonyl (C=O) groups excluding carboxylic acids is 2. The van der Waals surface area contributed by atoms with Crippen LogP contribution in [0.2, 0.25) is 0 Å². The number of carbonyl (C=O) groups is 2. The van der Waals surface area contributed by atoms with Gasteiger partial charge in [0.25, 0.3) is 0 Å². The van der Waals surface area contributed by atoms with Crippen LogP contribution in [0.5, 0.6) is 0 Å². The number of rotatable bonds is 11. The van der Waals surface area contributed by atoms with Crippen molar-refractivity contribution in [2.45, 2.75) is 190 Å². The maximum atomic E-state index is 13.1. The summed E-state index contributed by atoms with van der Waals surface area (Å²) in [5.74, 6) is -1.47. The first-order valence-electron chi connectivity index (χ1n) is 21.3. The molecule has 59 heavy (non-hydrogen) atoms. The van der Waals surface area contributed by atoms with Crippen LogP contribution in [0.3, 0.4) is 0 Å². The average Bonchev–Trinajstić information content (AvgIpc) is 3.13. The highest BCUT2D eigenvalue weighted by Gasteiger charge is 2.52. The molecule has 4 rings (SSSR count). The molecule has 0 aromatic rings. The van der Waals surface area contributed by atoms with Gasteiger partial charge in [-0.3, -0.25) is 4.79 Å². The van der Waals surface area contributed by atoms with Crippen LogP contribution in [0.1, 0.15) is 86.5 Å². The van der Waals surface area contributed by atoms with E-state index in [-0.39, 0.29) is 30.9 Å². The minimum Gasteiger partial charge on any atom is -0.462 e. The third-order valence-corrected chi connectivity index (χ3v) is 12.4. The van der Waals surface area contributed by atoms with E-state index in [1.54, 1.807) is 39.8 Å². The second-order valence-corrected chi connectivity index (χ2v) is 17.8. The quantitative estimate of drug-likeness (QED) is 0.175. The Morgan fingerprint density at radius 2 is 1.56 bits per heavy atom. The van der Waals surface area contributed by atoms with Crippen LogP contribution in [0.4, 0.5) is 0 Å². The molecule has 4 N–H and O–H groups in total. The second-order valence-electron chi connectivity index (χ2n) is 17.8. The summed E-state index contributed by atoms with van der Waals surface area (Å²) in [6, 6.07) is -0.466. The van der Waals surface area contributed by atoms with E-state index in [2.05, 4.69) is 4.90 Å². The van der Waals surface area contributed by atoms with Gasteiger partial charge in [-0.25, -0.2) is 0 Å². The molecule has 0 bridgehead atoms. The maximum Gasteiger partial charge on any atom is 0.308 e. The van der Waals surface area contributed by atoms with Crippen LogP contribution >= 0.6 is 0 Å². The summed E-state index contributed by atoms with van der Waals surface area (Å²) in [6.45, 7) is 10.8. The number of hydrogen-bond donors (Lipinski definition) is 4. The van der Waals surface area contributed by atoms with Crippen LogP contribution in [0.25, 0.3) is 0 Å². The molecule has 340 valence electrons. The summed E-state index contributed by atoms with van der Waals surface area (Å²) in [7, 11) is 9.03. The van der Waals surface area contributed by atoms with E-state index in [4.69, 9.17) is 37.9 Å². The zero-order chi connectivity index (χ0) is 43.8. The highest BCUT2D eigenvalue weighted by Crippen LogP contribution is 2.37. The summed E-state index contributed by atoms with van der Waals surface area (Å²) < 4.78 is 50.0. The predicted octanol–water partition coefficient (Wildman–Crippen LogP) is 2.33. The zero-order valence-electron chi connectivity index (χ0n) is 37.0. The first-order chi connectivity index (χ1) is 27.8. The summed E-state index contributed by atoms with van der Waals surface area (Å²) in [5.41, 5.74) is -1.47. The van der Waals surface area contributed by atoms with Crippen molar-refractivity contribution in [3.05, 3.63) is 24.3 Å². The number of ether oxygens (including phenoxy) is 8. The van der Waals surface area contributed by atoms with Crippen molar-refractivity contribution < 1.29 is 67.9 Å². The van der Waals surface area contributed by atoms with Crippen molar-refractivity contribution >= 4 is 12.3 Å². The minimum atomic E-state index is -1.47. The molecule has 4 aliphatic heterocycles. The SMILES string of the molecule is CO[C@@H]1[C@@H](O[C@@H]2O[C@H](C)[C@@H](O[C@H]3C[C@@](C)(O)[C@@H](O)[C@H](C)O3)[C@H](N(C)C)[C@H]2O)[C@@H](CC=O)C[C@@H](C)[C@@H](OC2CC[C@H](N(C)C)[C@@H](C)O2)/C=C/C=C/C[C@@H](C)OC(=O)C[C@H]1O. The lowest BCUT2D eigenvalue weighted by molar-refractivity contribution is -0.344. The molecular weight excluding hydrogens is 768 g/mol. The monoisotopic (exact) mass is 843 g/mol. The molecule has 19 atom stereocenters. The van der Waals surface area contributed by atoms with Gasteiger partial charge in [-0.15, -0.1) is 0 Å². The molecule has 3 saturated heterocycles. The molecular formula is C43H74N2O14. The first-order valence-corrected chi connectivity index (χ1v) is 21.3. The van der Waals surface area contributed by atoms with Gasteiger partial charge in [0.1, 0.15) is 36.8 Å². The average molecular weight is 843 g/mol. The van der Waals surface area contributed by atoms with Gasteiger partial charge in [0.2, 0.25) is 0 Å². The summed E-state index contributed by atoms with van der Waals surface area (Å²) in [5, 5.41) is 45.1. The Bertz CT molecular complexity index is 1370. The third-order valence-electron chi connectivity index (χ3n) is 12.4. The number of nitrogens with zero attached hydrogens (tertiary/aromatic N) is 2. The number of allylic oxidation sites excluding steroid dienone is 2. The van der Waals surface area contributed by atoms with Crippen LogP contribution in [-0.4, -0.2) is 181 Å². The van der Waals surface area contributed by atoms with Crippen molar-refractivity contribution in [2.24, 2.45) is 11.8 Å². The number of aldehydes is 1. The molecule has 0 aromatic heterocycles. The van der Waals surface area contributed by atoms with Crippen molar-refractivity contribution in [2.75, 3.05) is 35.3 Å². The lowest BCUT2D eigenvalue weighted by Crippen LogP contribution is -2.65. The van der Waals surface area contributed by atoms with Crippen molar-refractivity contribution in [3.8, 4) is 0 Å². The van der Waals surface area contributed by atoms with Crippen molar-refractivity contribution in [1.29, 1.82) is 0 Å². The highest BCUT2D eigenvalue weighted by atomic mass is 16.7. The first kappa shape index (κ1) is 49.8. The van der Waals surface area contributed by atoms with Gasteiger partial charge in [0.05, 0.1) is 54.7 Å². The predicted molar refractivity (Wildman–Crippen MR) is 217 cm³/mol. The van der Waals surface area contributed by atoms with Crippen molar-refractivity contribution in [1.82, 2.24) is 9.80 Å². The normalized spacial score (nSPS) is 45.8. The number of esters is 1. The summed E-state index contributed by atoms with van der Waals surface area (Å²) in [4.78, 5) is 29.5. The largest absolute Gasteiger partial charge is 0.462 e. The highest BCUT2D eigenvalue weighted by molar-refractivity contribution is 5.70. The Hall–Kier alpha value is -1.90. The fourth-order valence-corrected chi connectivity index (χ4v) is 9.10. The van der Waals surface area contributed by atoms with Gasteiger partial charge < -0.3 is 72.9 Å². The van der Waals surface area contributed by atoms with E-state index < -0.39 is 110 Å². The number of hydrogen-bond acceptors (Lipinski definition) is 16. The van der Waals surface area contributed by atoms with Crippen molar-refractivity contribution in [3.63, 3.8) is 0 Å². The zero-order valence-corrected chi connectivity index (χ0v) is 37.0.